The third-order valence-electron chi connectivity index (χ3n) is 4.06. The van der Waals surface area contributed by atoms with E-state index in [4.69, 9.17) is 0 Å². The fourth-order valence-corrected chi connectivity index (χ4v) is 4.78. The molecule has 0 spiro atoms. The highest BCUT2D eigenvalue weighted by atomic mass is 32.2. The molecule has 0 heterocycles. The van der Waals surface area contributed by atoms with Crippen LogP contribution in [0, 0.1) is 11.6 Å². The molecule has 2 rings (SSSR count). The number of carbonyl (C=O) groups is 1. The lowest BCUT2D eigenvalue weighted by molar-refractivity contribution is -0.139. The van der Waals surface area contributed by atoms with E-state index in [-0.39, 0.29) is 35.6 Å². The van der Waals surface area contributed by atoms with E-state index in [0.717, 1.165) is 48.5 Å². The number of benzene rings is 2. The molecule has 3 N–H and O–H groups in total. The third-order valence-corrected chi connectivity index (χ3v) is 7.02. The fourth-order valence-electron chi connectivity index (χ4n) is 2.48. The molecule has 8 nitrogen and oxygen atoms in total. The van der Waals surface area contributed by atoms with Gasteiger partial charge in [0.25, 0.3) is 0 Å². The van der Waals surface area contributed by atoms with Crippen molar-refractivity contribution in [3.05, 3.63) is 60.2 Å². The Hall–Kier alpha value is -2.41. The second kappa shape index (κ2) is 10.1. The first-order valence-electron chi connectivity index (χ1n) is 8.77. The Labute approximate surface area is 173 Å². The number of unbranched alkanes of at least 4 members (excludes halogenated alkanes) is 1. The van der Waals surface area contributed by atoms with E-state index in [2.05, 4.69) is 4.72 Å². The van der Waals surface area contributed by atoms with Gasteiger partial charge in [0.2, 0.25) is 20.0 Å². The van der Waals surface area contributed by atoms with Crippen molar-refractivity contribution in [1.82, 2.24) is 9.44 Å². The minimum Gasteiger partial charge on any atom is -0.480 e. The van der Waals surface area contributed by atoms with Crippen LogP contribution in [0.15, 0.2) is 58.3 Å². The number of carboxylic acids is 1. The first kappa shape index (κ1) is 23.9. The minimum atomic E-state index is -4.17. The molecule has 0 fully saturated rings. The summed E-state index contributed by atoms with van der Waals surface area (Å²) < 4.78 is 78.8. The zero-order chi connectivity index (χ0) is 22.4. The van der Waals surface area contributed by atoms with Crippen molar-refractivity contribution in [3.8, 4) is 0 Å². The molecule has 0 aliphatic heterocycles. The Morgan fingerprint density at radius 3 is 1.77 bits per heavy atom. The molecule has 30 heavy (non-hydrogen) atoms. The molecule has 0 aliphatic carbocycles. The van der Waals surface area contributed by atoms with Crippen LogP contribution in [0.3, 0.4) is 0 Å². The van der Waals surface area contributed by atoms with Gasteiger partial charge in [-0.05, 0) is 67.8 Å². The number of hydrogen-bond donors (Lipinski definition) is 3. The van der Waals surface area contributed by atoms with Crippen LogP contribution in [0.1, 0.15) is 19.3 Å². The largest absolute Gasteiger partial charge is 0.480 e. The van der Waals surface area contributed by atoms with Crippen LogP contribution in [0.4, 0.5) is 8.78 Å². The number of nitrogens with one attached hydrogen (secondary N) is 2. The first-order valence-corrected chi connectivity index (χ1v) is 11.7. The molecule has 12 heteroatoms. The standard InChI is InChI=1S/C18H20F2N2O6S2/c19-13-4-8-15(9-5-13)29(25,26)21-12-2-1-3-17(18(23)24)22-30(27,28)16-10-6-14(20)7-11-16/h4-11,17,21-22H,1-3,12H2,(H,23,24)/t17-/m0/s1. The molecule has 0 radical (unpaired) electrons. The van der Waals surface area contributed by atoms with E-state index < -0.39 is 43.7 Å². The van der Waals surface area contributed by atoms with Crippen LogP contribution in [0.5, 0.6) is 0 Å². The molecular weight excluding hydrogens is 442 g/mol. The zero-order valence-corrected chi connectivity index (χ0v) is 17.2. The van der Waals surface area contributed by atoms with E-state index in [9.17, 15) is 35.5 Å². The van der Waals surface area contributed by atoms with Gasteiger partial charge in [-0.15, -0.1) is 0 Å². The highest BCUT2D eigenvalue weighted by Gasteiger charge is 2.25. The molecular formula is C18H20F2N2O6S2. The molecule has 0 aliphatic rings. The van der Waals surface area contributed by atoms with Crippen molar-refractivity contribution in [2.24, 2.45) is 0 Å². The monoisotopic (exact) mass is 462 g/mol. The number of carboxylic acid groups (broad SMARTS) is 1. The maximum atomic E-state index is 12.9. The highest BCUT2D eigenvalue weighted by molar-refractivity contribution is 7.89. The van der Waals surface area contributed by atoms with Crippen molar-refractivity contribution in [1.29, 1.82) is 0 Å². The Morgan fingerprint density at radius 2 is 1.30 bits per heavy atom. The third kappa shape index (κ3) is 6.83. The van der Waals surface area contributed by atoms with Crippen LogP contribution >= 0.6 is 0 Å². The van der Waals surface area contributed by atoms with Crippen LogP contribution < -0.4 is 9.44 Å². The summed E-state index contributed by atoms with van der Waals surface area (Å²) in [5, 5.41) is 9.26. The van der Waals surface area contributed by atoms with Gasteiger partial charge < -0.3 is 5.11 Å². The van der Waals surface area contributed by atoms with Gasteiger partial charge in [0, 0.05) is 6.54 Å². The number of sulfonamides is 2. The Bertz CT molecular complexity index is 1070. The number of halogens is 2. The quantitative estimate of drug-likeness (QED) is 0.437. The average Bonchev–Trinajstić information content (AvgIpc) is 2.67. The summed E-state index contributed by atoms with van der Waals surface area (Å²) in [6.45, 7) is -0.0171. The number of aliphatic carboxylic acids is 1. The van der Waals surface area contributed by atoms with Gasteiger partial charge in [-0.3, -0.25) is 4.79 Å². The normalized spacial score (nSPS) is 13.1. The molecule has 164 valence electrons. The molecule has 1 atom stereocenters. The molecule has 0 aromatic heterocycles. The molecule has 0 unspecified atom stereocenters. The molecule has 0 amide bonds. The lowest BCUT2D eigenvalue weighted by atomic mass is 10.1. The summed E-state index contributed by atoms with van der Waals surface area (Å²) in [5.74, 6) is -2.60. The van der Waals surface area contributed by atoms with Gasteiger partial charge in [0.1, 0.15) is 17.7 Å². The van der Waals surface area contributed by atoms with E-state index in [1.807, 2.05) is 4.72 Å². The summed E-state index contributed by atoms with van der Waals surface area (Å²) in [5.41, 5.74) is 0. The maximum Gasteiger partial charge on any atom is 0.321 e. The topological polar surface area (TPSA) is 130 Å². The Kier molecular flexibility index (Phi) is 8.01. The van der Waals surface area contributed by atoms with Crippen molar-refractivity contribution < 1.29 is 35.5 Å². The fraction of sp³-hybridized carbons (Fsp3) is 0.278. The highest BCUT2D eigenvalue weighted by Crippen LogP contribution is 2.13. The molecule has 2 aromatic carbocycles. The van der Waals surface area contributed by atoms with Crippen LogP contribution in [-0.2, 0) is 24.8 Å². The SMILES string of the molecule is O=C(O)[C@H](CCCCNS(=O)(=O)c1ccc(F)cc1)NS(=O)(=O)c1ccc(F)cc1. The Morgan fingerprint density at radius 1 is 0.833 bits per heavy atom. The van der Waals surface area contributed by atoms with Crippen LogP contribution in [-0.4, -0.2) is 40.5 Å². The Balaban J connectivity index is 1.87. The zero-order valence-electron chi connectivity index (χ0n) is 15.6. The van der Waals surface area contributed by atoms with Gasteiger partial charge in [0.15, 0.2) is 0 Å². The predicted molar refractivity (Wildman–Crippen MR) is 104 cm³/mol. The van der Waals surface area contributed by atoms with Gasteiger partial charge in [0.05, 0.1) is 9.79 Å². The van der Waals surface area contributed by atoms with Gasteiger partial charge in [-0.1, -0.05) is 0 Å². The lowest BCUT2D eigenvalue weighted by Gasteiger charge is -2.15. The van der Waals surface area contributed by atoms with E-state index >= 15 is 0 Å². The van der Waals surface area contributed by atoms with Crippen molar-refractivity contribution >= 4 is 26.0 Å². The summed E-state index contributed by atoms with van der Waals surface area (Å²) in [6, 6.07) is 6.73. The summed E-state index contributed by atoms with van der Waals surface area (Å²) >= 11 is 0. The molecule has 0 saturated carbocycles. The summed E-state index contributed by atoms with van der Waals surface area (Å²) in [6.07, 6.45) is 0.353. The smallest absolute Gasteiger partial charge is 0.321 e. The summed E-state index contributed by atoms with van der Waals surface area (Å²) in [7, 11) is -8.00. The van der Waals surface area contributed by atoms with Crippen LogP contribution in [0.25, 0.3) is 0 Å². The molecule has 2 aromatic rings. The maximum absolute atomic E-state index is 12.9. The molecule has 0 bridgehead atoms. The second-order valence-corrected chi connectivity index (χ2v) is 9.79. The van der Waals surface area contributed by atoms with Crippen LogP contribution in [0.2, 0.25) is 0 Å². The number of rotatable bonds is 11. The first-order chi connectivity index (χ1) is 14.0. The van der Waals surface area contributed by atoms with Gasteiger partial charge >= 0.3 is 5.97 Å². The van der Waals surface area contributed by atoms with Crippen molar-refractivity contribution in [2.75, 3.05) is 6.54 Å². The predicted octanol–water partition coefficient (Wildman–Crippen LogP) is 1.85. The average molecular weight is 462 g/mol. The number of hydrogen-bond acceptors (Lipinski definition) is 5. The second-order valence-electron chi connectivity index (χ2n) is 6.31. The van der Waals surface area contributed by atoms with E-state index in [1.54, 1.807) is 0 Å². The van der Waals surface area contributed by atoms with E-state index in [0.29, 0.717) is 0 Å². The van der Waals surface area contributed by atoms with Gasteiger partial charge in [-0.2, -0.15) is 4.72 Å². The summed E-state index contributed by atoms with van der Waals surface area (Å²) in [4.78, 5) is 11.0. The van der Waals surface area contributed by atoms with Crippen molar-refractivity contribution in [3.63, 3.8) is 0 Å². The minimum absolute atomic E-state index is 0.0171. The lowest BCUT2D eigenvalue weighted by Crippen LogP contribution is -2.40. The van der Waals surface area contributed by atoms with Gasteiger partial charge in [-0.25, -0.2) is 30.3 Å². The molecule has 0 saturated heterocycles. The van der Waals surface area contributed by atoms with E-state index in [1.165, 1.54) is 0 Å². The van der Waals surface area contributed by atoms with Crippen molar-refractivity contribution in [2.45, 2.75) is 35.1 Å².